The van der Waals surface area contributed by atoms with Crippen LogP contribution in [-0.4, -0.2) is 0 Å². The molecule has 9 aromatic rings. The van der Waals surface area contributed by atoms with E-state index >= 15 is 13.2 Å². The molecule has 0 N–H and O–H groups in total. The van der Waals surface area contributed by atoms with Gasteiger partial charge in [0.25, 0.3) is 0 Å². The lowest BCUT2D eigenvalue weighted by Gasteiger charge is -2.49. The molecule has 0 unspecified atom stereocenters. The molecule has 4 aliphatic rings. The topological polar surface area (TPSA) is 36.8 Å². The Bertz CT molecular complexity index is 3510. The van der Waals surface area contributed by atoms with Crippen molar-refractivity contribution in [1.82, 2.24) is 0 Å². The standard InChI is InChI=1S/C68H56F3N5/c1-64(2)43-25-9-17-33-51(43)73(52-34-18-10-26-44(52)64)60-42(41-72)61(74-53-35-19-11-27-45(53)65(3,4)46-28-12-20-36-54(46)74)63(76-57-39-23-15-31-49(57)67(7,8)50-32-16-24-40-58(50)76)59(68(69,70)71)62(60)75-55-37-21-13-29-47(55)66(5,6)48-30-14-22-38-56(48)75/h9-40H,1-8H3. The Morgan fingerprint density at radius 1 is 0.303 bits per heavy atom. The number of para-hydroxylation sites is 8. The number of hydrogen-bond acceptors (Lipinski definition) is 5. The fourth-order valence-corrected chi connectivity index (χ4v) is 13.6. The van der Waals surface area contributed by atoms with Gasteiger partial charge in [-0.2, -0.15) is 18.4 Å². The maximum absolute atomic E-state index is 18.6. The fraction of sp³-hybridized carbons (Fsp3) is 0.191. The van der Waals surface area contributed by atoms with Crippen LogP contribution in [0, 0.1) is 11.3 Å². The first-order valence-corrected chi connectivity index (χ1v) is 26.1. The van der Waals surface area contributed by atoms with E-state index in [1.54, 1.807) is 0 Å². The average molecular weight is 1000 g/mol. The first kappa shape index (κ1) is 47.2. The highest BCUT2D eigenvalue weighted by Crippen LogP contribution is 2.68. The lowest BCUT2D eigenvalue weighted by atomic mass is 9.72. The Balaban J connectivity index is 1.34. The maximum Gasteiger partial charge on any atom is 0.420 e. The van der Waals surface area contributed by atoms with Crippen LogP contribution in [0.25, 0.3) is 0 Å². The van der Waals surface area contributed by atoms with Gasteiger partial charge in [-0.15, -0.1) is 0 Å². The minimum atomic E-state index is -5.09. The van der Waals surface area contributed by atoms with Crippen LogP contribution in [0.1, 0.15) is 111 Å². The first-order valence-electron chi connectivity index (χ1n) is 26.1. The molecular weight excluding hydrogens is 944 g/mol. The van der Waals surface area contributed by atoms with Crippen molar-refractivity contribution in [3.63, 3.8) is 0 Å². The highest BCUT2D eigenvalue weighted by molar-refractivity contribution is 6.11. The van der Waals surface area contributed by atoms with E-state index in [1.165, 1.54) is 0 Å². The van der Waals surface area contributed by atoms with Crippen molar-refractivity contribution in [2.24, 2.45) is 0 Å². The molecule has 0 saturated carbocycles. The third-order valence-electron chi connectivity index (χ3n) is 17.2. The lowest BCUT2D eigenvalue weighted by molar-refractivity contribution is -0.136. The van der Waals surface area contributed by atoms with Crippen LogP contribution in [0.4, 0.5) is 81.4 Å². The molecule has 0 aromatic heterocycles. The summed E-state index contributed by atoms with van der Waals surface area (Å²) in [6, 6.07) is 66.1. The van der Waals surface area contributed by atoms with Gasteiger partial charge in [-0.05, 0) is 93.0 Å². The molecule has 8 heteroatoms. The molecule has 0 bridgehead atoms. The molecular formula is C68H56F3N5. The van der Waals surface area contributed by atoms with E-state index in [-0.39, 0.29) is 28.3 Å². The minimum Gasteiger partial charge on any atom is -0.307 e. The van der Waals surface area contributed by atoms with Crippen LogP contribution in [0.5, 0.6) is 0 Å². The number of nitriles is 1. The predicted octanol–water partition coefficient (Wildman–Crippen LogP) is 19.0. The minimum absolute atomic E-state index is 0.0752. The summed E-state index contributed by atoms with van der Waals surface area (Å²) in [6.45, 7) is 17.2. The van der Waals surface area contributed by atoms with Gasteiger partial charge in [0, 0.05) is 21.7 Å². The summed E-state index contributed by atoms with van der Waals surface area (Å²) < 4.78 is 55.8. The number of anilines is 12. The monoisotopic (exact) mass is 999 g/mol. The van der Waals surface area contributed by atoms with E-state index in [2.05, 4.69) is 85.7 Å². The summed E-state index contributed by atoms with van der Waals surface area (Å²) in [5.41, 5.74) is 8.92. The average Bonchev–Trinajstić information content (AvgIpc) is 3.58. The number of benzene rings is 9. The van der Waals surface area contributed by atoms with Crippen LogP contribution in [-0.2, 0) is 27.8 Å². The van der Waals surface area contributed by atoms with Crippen molar-refractivity contribution in [3.8, 4) is 6.07 Å². The predicted molar refractivity (Wildman–Crippen MR) is 303 cm³/mol. The summed E-state index contributed by atoms with van der Waals surface area (Å²) in [5.74, 6) is 0. The Kier molecular flexibility index (Phi) is 10.1. The second-order valence-electron chi connectivity index (χ2n) is 22.7. The number of fused-ring (bicyclic) bond motifs is 8. The normalized spacial score (nSPS) is 16.7. The van der Waals surface area contributed by atoms with Crippen LogP contribution in [0.2, 0.25) is 0 Å². The quantitative estimate of drug-likeness (QED) is 0.176. The van der Waals surface area contributed by atoms with Crippen molar-refractivity contribution in [2.75, 3.05) is 19.6 Å². The van der Waals surface area contributed by atoms with Gasteiger partial charge >= 0.3 is 6.18 Å². The van der Waals surface area contributed by atoms with Gasteiger partial charge in [0.2, 0.25) is 0 Å². The zero-order valence-electron chi connectivity index (χ0n) is 43.8. The Morgan fingerprint density at radius 2 is 0.474 bits per heavy atom. The molecule has 0 amide bonds. The lowest BCUT2D eigenvalue weighted by Crippen LogP contribution is -2.37. The largest absolute Gasteiger partial charge is 0.420 e. The Hall–Kier alpha value is -8.54. The highest BCUT2D eigenvalue weighted by atomic mass is 19.4. The van der Waals surface area contributed by atoms with E-state index < -0.39 is 33.4 Å². The smallest absolute Gasteiger partial charge is 0.307 e. The third-order valence-corrected chi connectivity index (χ3v) is 17.2. The van der Waals surface area contributed by atoms with Gasteiger partial charge in [0.15, 0.2) is 0 Å². The fourth-order valence-electron chi connectivity index (χ4n) is 13.6. The first-order chi connectivity index (χ1) is 36.4. The molecule has 0 saturated heterocycles. The molecule has 5 nitrogen and oxygen atoms in total. The van der Waals surface area contributed by atoms with Crippen LogP contribution >= 0.6 is 0 Å². The second-order valence-corrected chi connectivity index (χ2v) is 22.7. The van der Waals surface area contributed by atoms with Crippen molar-refractivity contribution in [3.05, 3.63) is 250 Å². The van der Waals surface area contributed by atoms with Gasteiger partial charge < -0.3 is 19.6 Å². The molecule has 76 heavy (non-hydrogen) atoms. The summed E-state index contributed by atoms with van der Waals surface area (Å²) in [6.07, 6.45) is -5.09. The molecule has 0 fully saturated rings. The van der Waals surface area contributed by atoms with E-state index in [0.29, 0.717) is 45.5 Å². The SMILES string of the molecule is CC1(C)c2ccccc2N(c2c(C#N)c(N3c4ccccc4C(C)(C)c4ccccc43)c(N3c4ccccc4C(C)(C)c4ccccc43)c(C(F)(F)F)c2N2c3ccccc3C(C)(C)c3ccccc32)c2ccccc21. The molecule has 9 aromatic carbocycles. The molecule has 0 spiro atoms. The van der Waals surface area contributed by atoms with Gasteiger partial charge in [0.1, 0.15) is 17.2 Å². The van der Waals surface area contributed by atoms with E-state index in [0.717, 1.165) is 44.5 Å². The number of nitrogens with zero attached hydrogens (tertiary/aromatic N) is 5. The van der Waals surface area contributed by atoms with Crippen molar-refractivity contribution >= 4 is 68.2 Å². The highest BCUT2D eigenvalue weighted by Gasteiger charge is 2.53. The molecule has 4 heterocycles. The number of halogens is 3. The Labute approximate surface area is 443 Å². The van der Waals surface area contributed by atoms with Crippen molar-refractivity contribution in [2.45, 2.75) is 83.2 Å². The van der Waals surface area contributed by atoms with Gasteiger partial charge in [0.05, 0.1) is 68.2 Å². The summed E-state index contributed by atoms with van der Waals surface area (Å²) in [7, 11) is 0. The molecule has 4 aliphatic heterocycles. The molecule has 13 rings (SSSR count). The summed E-state index contributed by atoms with van der Waals surface area (Å²) in [4.78, 5) is 7.62. The third kappa shape index (κ3) is 6.32. The van der Waals surface area contributed by atoms with Crippen LogP contribution < -0.4 is 19.6 Å². The van der Waals surface area contributed by atoms with Crippen molar-refractivity contribution in [1.29, 1.82) is 5.26 Å². The van der Waals surface area contributed by atoms with Crippen LogP contribution in [0.3, 0.4) is 0 Å². The summed E-state index contributed by atoms with van der Waals surface area (Å²) >= 11 is 0. The Morgan fingerprint density at radius 3 is 0.645 bits per heavy atom. The van der Waals surface area contributed by atoms with E-state index in [4.69, 9.17) is 0 Å². The van der Waals surface area contributed by atoms with E-state index in [1.807, 2.05) is 189 Å². The second kappa shape index (κ2) is 16.2. The number of rotatable bonds is 4. The van der Waals surface area contributed by atoms with Gasteiger partial charge in [-0.3, -0.25) is 0 Å². The summed E-state index contributed by atoms with van der Waals surface area (Å²) in [5, 5.41) is 12.8. The van der Waals surface area contributed by atoms with Crippen molar-refractivity contribution < 1.29 is 13.2 Å². The zero-order chi connectivity index (χ0) is 52.8. The van der Waals surface area contributed by atoms with Crippen LogP contribution in [0.15, 0.2) is 194 Å². The number of hydrogen-bond donors (Lipinski definition) is 0. The molecule has 0 radical (unpaired) electrons. The number of alkyl halides is 3. The zero-order valence-corrected chi connectivity index (χ0v) is 43.8. The van der Waals surface area contributed by atoms with Gasteiger partial charge in [-0.1, -0.05) is 201 Å². The van der Waals surface area contributed by atoms with E-state index in [9.17, 15) is 5.26 Å². The van der Waals surface area contributed by atoms with Gasteiger partial charge in [-0.25, -0.2) is 0 Å². The molecule has 0 atom stereocenters. The molecule has 0 aliphatic carbocycles. The molecule has 374 valence electrons. The maximum atomic E-state index is 18.6.